The standard InChI is InChI=1S/C20H37N2O.H2/c1-5-7-9-14-21(6-2)15-10-8-11-20(23)22-16-12-19(13-17-22)18(3)4;/h5,7,18-19H,1,6,8-17H2,2-4H3;1H/b7-5-;. The maximum Gasteiger partial charge on any atom is 0.222 e. The molecule has 1 saturated heterocycles. The zero-order valence-corrected chi connectivity index (χ0v) is 15.6. The molecule has 1 rings (SSSR count). The predicted octanol–water partition coefficient (Wildman–Crippen LogP) is 4.40. The van der Waals surface area contributed by atoms with Gasteiger partial charge in [0.25, 0.3) is 0 Å². The van der Waals surface area contributed by atoms with Crippen LogP contribution in [0, 0.1) is 18.8 Å². The normalized spacial score (nSPS) is 16.9. The Morgan fingerprint density at radius 3 is 2.57 bits per heavy atom. The number of piperidine rings is 1. The van der Waals surface area contributed by atoms with Crippen molar-refractivity contribution in [3.05, 3.63) is 19.1 Å². The average molecular weight is 324 g/mol. The Morgan fingerprint density at radius 1 is 1.30 bits per heavy atom. The first-order chi connectivity index (χ1) is 11.1. The van der Waals surface area contributed by atoms with E-state index in [0.29, 0.717) is 5.91 Å². The van der Waals surface area contributed by atoms with Crippen LogP contribution in [0.1, 0.15) is 60.7 Å². The van der Waals surface area contributed by atoms with Crippen molar-refractivity contribution in [2.24, 2.45) is 11.8 Å². The first-order valence-electron chi connectivity index (χ1n) is 9.52. The first-order valence-corrected chi connectivity index (χ1v) is 9.52. The number of carbonyl (C=O) groups is 1. The molecule has 0 bridgehead atoms. The van der Waals surface area contributed by atoms with E-state index in [1.54, 1.807) is 0 Å². The minimum Gasteiger partial charge on any atom is -0.343 e. The van der Waals surface area contributed by atoms with Gasteiger partial charge < -0.3 is 9.80 Å². The molecule has 23 heavy (non-hydrogen) atoms. The summed E-state index contributed by atoms with van der Waals surface area (Å²) in [6.07, 6.45) is 10.3. The number of carbonyl (C=O) groups excluding carboxylic acids is 1. The van der Waals surface area contributed by atoms with Gasteiger partial charge in [-0.15, -0.1) is 0 Å². The van der Waals surface area contributed by atoms with E-state index >= 15 is 0 Å². The molecule has 0 atom stereocenters. The Morgan fingerprint density at radius 2 is 2.00 bits per heavy atom. The van der Waals surface area contributed by atoms with Gasteiger partial charge >= 0.3 is 0 Å². The largest absolute Gasteiger partial charge is 0.343 e. The van der Waals surface area contributed by atoms with E-state index in [1.165, 1.54) is 12.8 Å². The lowest BCUT2D eigenvalue weighted by Gasteiger charge is -2.34. The average Bonchev–Trinajstić information content (AvgIpc) is 2.57. The fraction of sp³-hybridized carbons (Fsp3) is 0.800. The first kappa shape index (κ1) is 20.2. The zero-order chi connectivity index (χ0) is 17.1. The van der Waals surface area contributed by atoms with Crippen molar-refractivity contribution in [2.45, 2.75) is 59.3 Å². The van der Waals surface area contributed by atoms with Crippen molar-refractivity contribution in [1.82, 2.24) is 9.80 Å². The number of likely N-dealkylation sites (tertiary alicyclic amines) is 1. The third kappa shape index (κ3) is 8.01. The van der Waals surface area contributed by atoms with Gasteiger partial charge in [0, 0.05) is 27.5 Å². The van der Waals surface area contributed by atoms with Crippen LogP contribution >= 0.6 is 0 Å². The van der Waals surface area contributed by atoms with Crippen LogP contribution in [0.15, 0.2) is 12.2 Å². The van der Waals surface area contributed by atoms with E-state index in [-0.39, 0.29) is 1.43 Å². The SMILES string of the molecule is [CH2]/C=C\CCN(CC)CCCCC(=O)N1CCC(C(C)C)CC1.[HH]. The monoisotopic (exact) mass is 323 g/mol. The van der Waals surface area contributed by atoms with Crippen LogP contribution in [0.2, 0.25) is 0 Å². The molecule has 0 unspecified atom stereocenters. The molecule has 0 aromatic heterocycles. The van der Waals surface area contributed by atoms with Crippen LogP contribution in [0.25, 0.3) is 0 Å². The smallest absolute Gasteiger partial charge is 0.222 e. The molecular weight excluding hydrogens is 284 g/mol. The molecular formula is C20H39N2O. The Kier molecular flexibility index (Phi) is 10.3. The molecule has 0 saturated carbocycles. The molecule has 3 nitrogen and oxygen atoms in total. The minimum absolute atomic E-state index is 0. The van der Waals surface area contributed by atoms with Crippen LogP contribution in [-0.2, 0) is 4.79 Å². The second-order valence-electron chi connectivity index (χ2n) is 7.11. The van der Waals surface area contributed by atoms with Crippen LogP contribution in [0.3, 0.4) is 0 Å². The van der Waals surface area contributed by atoms with Gasteiger partial charge in [-0.3, -0.25) is 4.79 Å². The third-order valence-corrected chi connectivity index (χ3v) is 5.18. The maximum absolute atomic E-state index is 12.3. The number of hydrogen-bond acceptors (Lipinski definition) is 2. The van der Waals surface area contributed by atoms with Gasteiger partial charge in [0.1, 0.15) is 0 Å². The summed E-state index contributed by atoms with van der Waals surface area (Å²) < 4.78 is 0. The van der Waals surface area contributed by atoms with Crippen molar-refractivity contribution in [3.8, 4) is 0 Å². The second kappa shape index (κ2) is 11.7. The van der Waals surface area contributed by atoms with E-state index in [1.807, 2.05) is 6.08 Å². The van der Waals surface area contributed by atoms with Gasteiger partial charge in [-0.05, 0) is 64.0 Å². The second-order valence-corrected chi connectivity index (χ2v) is 7.11. The summed E-state index contributed by atoms with van der Waals surface area (Å²) >= 11 is 0. The summed E-state index contributed by atoms with van der Waals surface area (Å²) in [7, 11) is 0. The van der Waals surface area contributed by atoms with E-state index < -0.39 is 0 Å². The fourth-order valence-corrected chi connectivity index (χ4v) is 3.39. The molecule has 0 aromatic rings. The molecule has 1 heterocycles. The molecule has 0 N–H and O–H groups in total. The zero-order valence-electron chi connectivity index (χ0n) is 15.6. The Bertz CT molecular complexity index is 350. The van der Waals surface area contributed by atoms with Gasteiger partial charge in [0.15, 0.2) is 0 Å². The molecule has 1 aliphatic heterocycles. The van der Waals surface area contributed by atoms with Gasteiger partial charge in [-0.1, -0.05) is 32.9 Å². The maximum atomic E-state index is 12.3. The molecule has 1 amide bonds. The molecule has 135 valence electrons. The highest BCUT2D eigenvalue weighted by molar-refractivity contribution is 5.76. The van der Waals surface area contributed by atoms with Crippen LogP contribution < -0.4 is 0 Å². The van der Waals surface area contributed by atoms with Crippen molar-refractivity contribution in [2.75, 3.05) is 32.7 Å². The third-order valence-electron chi connectivity index (χ3n) is 5.18. The van der Waals surface area contributed by atoms with E-state index in [4.69, 9.17) is 0 Å². The Hall–Kier alpha value is -0.830. The van der Waals surface area contributed by atoms with E-state index in [9.17, 15) is 4.79 Å². The molecule has 1 radical (unpaired) electrons. The molecule has 1 aliphatic rings. The number of rotatable bonds is 10. The summed E-state index contributed by atoms with van der Waals surface area (Å²) in [4.78, 5) is 16.8. The van der Waals surface area contributed by atoms with Gasteiger partial charge in [0.2, 0.25) is 5.91 Å². The Balaban J connectivity index is 0.00000529. The predicted molar refractivity (Wildman–Crippen MR) is 101 cm³/mol. The van der Waals surface area contributed by atoms with Gasteiger partial charge in [-0.25, -0.2) is 0 Å². The lowest BCUT2D eigenvalue weighted by Crippen LogP contribution is -2.39. The summed E-state index contributed by atoms with van der Waals surface area (Å²) in [5.74, 6) is 1.94. The number of allylic oxidation sites excluding steroid dienone is 1. The van der Waals surface area contributed by atoms with Gasteiger partial charge in [-0.2, -0.15) is 0 Å². The summed E-state index contributed by atoms with van der Waals surface area (Å²) in [5, 5.41) is 0. The molecule has 3 heteroatoms. The quantitative estimate of drug-likeness (QED) is 0.556. The Labute approximate surface area is 145 Å². The van der Waals surface area contributed by atoms with Crippen LogP contribution in [0.4, 0.5) is 0 Å². The summed E-state index contributed by atoms with van der Waals surface area (Å²) in [5.41, 5.74) is 0. The van der Waals surface area contributed by atoms with Gasteiger partial charge in [0.05, 0.1) is 0 Å². The van der Waals surface area contributed by atoms with Crippen LogP contribution in [0.5, 0.6) is 0 Å². The van der Waals surface area contributed by atoms with Crippen molar-refractivity contribution < 1.29 is 6.22 Å². The number of amides is 1. The number of unbranched alkanes of at least 4 members (excludes halogenated alkanes) is 1. The molecule has 0 spiro atoms. The highest BCUT2D eigenvalue weighted by atomic mass is 16.2. The molecule has 0 aliphatic carbocycles. The van der Waals surface area contributed by atoms with E-state index in [2.05, 4.69) is 43.6 Å². The highest BCUT2D eigenvalue weighted by Gasteiger charge is 2.23. The number of hydrogen-bond donors (Lipinski definition) is 0. The minimum atomic E-state index is 0. The molecule has 0 aromatic carbocycles. The topological polar surface area (TPSA) is 23.6 Å². The fourth-order valence-electron chi connectivity index (χ4n) is 3.39. The lowest BCUT2D eigenvalue weighted by molar-refractivity contribution is -0.132. The summed E-state index contributed by atoms with van der Waals surface area (Å²) in [6.45, 7) is 15.8. The van der Waals surface area contributed by atoms with Crippen molar-refractivity contribution >= 4 is 5.91 Å². The van der Waals surface area contributed by atoms with Crippen molar-refractivity contribution in [1.29, 1.82) is 0 Å². The lowest BCUT2D eigenvalue weighted by atomic mass is 9.86. The van der Waals surface area contributed by atoms with E-state index in [0.717, 1.165) is 70.2 Å². The van der Waals surface area contributed by atoms with Crippen molar-refractivity contribution in [3.63, 3.8) is 0 Å². The van der Waals surface area contributed by atoms with Crippen LogP contribution in [-0.4, -0.2) is 48.4 Å². The summed E-state index contributed by atoms with van der Waals surface area (Å²) in [6, 6.07) is 0. The highest BCUT2D eigenvalue weighted by Crippen LogP contribution is 2.24. The molecule has 1 fully saturated rings. The number of nitrogens with zero attached hydrogens (tertiary/aromatic N) is 2.